The van der Waals surface area contributed by atoms with Crippen LogP contribution in [0, 0.1) is 5.82 Å². The SMILES string of the molecule is CCc1ccc(-c2ccc(C(=O)O)cc2F)cc1CC. The Hall–Kier alpha value is -2.16. The third-order valence-corrected chi connectivity index (χ3v) is 3.50. The summed E-state index contributed by atoms with van der Waals surface area (Å²) >= 11 is 0. The van der Waals surface area contributed by atoms with Crippen molar-refractivity contribution in [2.45, 2.75) is 26.7 Å². The lowest BCUT2D eigenvalue weighted by Gasteiger charge is -2.10. The summed E-state index contributed by atoms with van der Waals surface area (Å²) in [6.45, 7) is 4.17. The summed E-state index contributed by atoms with van der Waals surface area (Å²) in [5.74, 6) is -1.62. The van der Waals surface area contributed by atoms with Gasteiger partial charge in [-0.25, -0.2) is 9.18 Å². The summed E-state index contributed by atoms with van der Waals surface area (Å²) in [6, 6.07) is 9.91. The van der Waals surface area contributed by atoms with E-state index in [4.69, 9.17) is 5.11 Å². The molecule has 0 radical (unpaired) electrons. The Bertz CT molecular complexity index is 647. The molecule has 0 saturated carbocycles. The Morgan fingerprint density at radius 3 is 2.30 bits per heavy atom. The van der Waals surface area contributed by atoms with Crippen LogP contribution < -0.4 is 0 Å². The van der Waals surface area contributed by atoms with E-state index >= 15 is 0 Å². The Kier molecular flexibility index (Phi) is 4.18. The highest BCUT2D eigenvalue weighted by Crippen LogP contribution is 2.26. The maximum atomic E-state index is 14.1. The molecule has 0 aliphatic heterocycles. The quantitative estimate of drug-likeness (QED) is 0.900. The summed E-state index contributed by atoms with van der Waals surface area (Å²) in [5.41, 5.74) is 3.65. The van der Waals surface area contributed by atoms with Gasteiger partial charge < -0.3 is 5.11 Å². The molecule has 0 aromatic heterocycles. The summed E-state index contributed by atoms with van der Waals surface area (Å²) in [4.78, 5) is 10.8. The number of carboxylic acids is 1. The molecule has 0 unspecified atom stereocenters. The Morgan fingerprint density at radius 1 is 1.05 bits per heavy atom. The second-order valence-corrected chi connectivity index (χ2v) is 4.69. The monoisotopic (exact) mass is 272 g/mol. The van der Waals surface area contributed by atoms with Crippen molar-refractivity contribution in [2.24, 2.45) is 0 Å². The molecule has 0 aliphatic carbocycles. The molecule has 2 aromatic rings. The van der Waals surface area contributed by atoms with Crippen molar-refractivity contribution in [3.63, 3.8) is 0 Å². The first kappa shape index (κ1) is 14.3. The number of aryl methyl sites for hydroxylation is 2. The van der Waals surface area contributed by atoms with Crippen LogP contribution in [-0.4, -0.2) is 11.1 Å². The maximum Gasteiger partial charge on any atom is 0.335 e. The number of hydrogen-bond acceptors (Lipinski definition) is 1. The van der Waals surface area contributed by atoms with Crippen LogP contribution >= 0.6 is 0 Å². The number of halogens is 1. The third-order valence-electron chi connectivity index (χ3n) is 3.50. The molecule has 2 aromatic carbocycles. The molecular weight excluding hydrogens is 255 g/mol. The molecule has 1 N–H and O–H groups in total. The van der Waals surface area contributed by atoms with E-state index in [1.54, 1.807) is 0 Å². The van der Waals surface area contributed by atoms with Crippen LogP contribution in [0.4, 0.5) is 4.39 Å². The first-order valence-corrected chi connectivity index (χ1v) is 6.71. The predicted molar refractivity (Wildman–Crippen MR) is 77.6 cm³/mol. The zero-order valence-corrected chi connectivity index (χ0v) is 11.6. The standard InChI is InChI=1S/C17H17FO2/c1-3-11-5-6-13(9-12(11)4-2)15-8-7-14(17(19)20)10-16(15)18/h5-10H,3-4H2,1-2H3,(H,19,20). The fraction of sp³-hybridized carbons (Fsp3) is 0.235. The topological polar surface area (TPSA) is 37.3 Å². The smallest absolute Gasteiger partial charge is 0.335 e. The highest BCUT2D eigenvalue weighted by atomic mass is 19.1. The van der Waals surface area contributed by atoms with E-state index in [-0.39, 0.29) is 5.56 Å². The van der Waals surface area contributed by atoms with Crippen LogP contribution in [0.2, 0.25) is 0 Å². The Balaban J connectivity index is 2.49. The largest absolute Gasteiger partial charge is 0.478 e. The average molecular weight is 272 g/mol. The number of carboxylic acid groups (broad SMARTS) is 1. The van der Waals surface area contributed by atoms with E-state index in [9.17, 15) is 9.18 Å². The van der Waals surface area contributed by atoms with Crippen molar-refractivity contribution in [1.29, 1.82) is 0 Å². The lowest BCUT2D eigenvalue weighted by molar-refractivity contribution is 0.0696. The van der Waals surface area contributed by atoms with E-state index in [1.807, 2.05) is 18.2 Å². The minimum atomic E-state index is -1.12. The molecule has 3 heteroatoms. The molecule has 0 heterocycles. The van der Waals surface area contributed by atoms with Crippen molar-refractivity contribution >= 4 is 5.97 Å². The number of hydrogen-bond donors (Lipinski definition) is 1. The van der Waals surface area contributed by atoms with Crippen LogP contribution in [0.5, 0.6) is 0 Å². The summed E-state index contributed by atoms with van der Waals surface area (Å²) in [5, 5.41) is 8.85. The van der Waals surface area contributed by atoms with Crippen LogP contribution in [0.15, 0.2) is 36.4 Å². The van der Waals surface area contributed by atoms with Crippen LogP contribution in [0.25, 0.3) is 11.1 Å². The summed E-state index contributed by atoms with van der Waals surface area (Å²) in [6.07, 6.45) is 1.84. The van der Waals surface area contributed by atoms with Gasteiger partial charge >= 0.3 is 5.97 Å². The van der Waals surface area contributed by atoms with Crippen molar-refractivity contribution in [2.75, 3.05) is 0 Å². The first-order valence-electron chi connectivity index (χ1n) is 6.71. The number of rotatable bonds is 4. The molecule has 0 atom stereocenters. The minimum absolute atomic E-state index is 0.0351. The molecule has 0 amide bonds. The molecule has 0 aliphatic rings. The molecule has 20 heavy (non-hydrogen) atoms. The van der Waals surface area contributed by atoms with Gasteiger partial charge in [-0.15, -0.1) is 0 Å². The first-order chi connectivity index (χ1) is 9.56. The van der Waals surface area contributed by atoms with Gasteiger partial charge in [0.15, 0.2) is 0 Å². The number of benzene rings is 2. The van der Waals surface area contributed by atoms with Gasteiger partial charge in [0.2, 0.25) is 0 Å². The minimum Gasteiger partial charge on any atom is -0.478 e. The van der Waals surface area contributed by atoms with Gasteiger partial charge in [0.1, 0.15) is 5.82 Å². The molecule has 2 rings (SSSR count). The van der Waals surface area contributed by atoms with Crippen molar-refractivity contribution in [1.82, 2.24) is 0 Å². The highest BCUT2D eigenvalue weighted by molar-refractivity contribution is 5.88. The second-order valence-electron chi connectivity index (χ2n) is 4.69. The molecule has 2 nitrogen and oxygen atoms in total. The molecule has 104 valence electrons. The van der Waals surface area contributed by atoms with Gasteiger partial charge in [0, 0.05) is 5.56 Å². The van der Waals surface area contributed by atoms with Gasteiger partial charge in [-0.3, -0.25) is 0 Å². The summed E-state index contributed by atoms with van der Waals surface area (Å²) < 4.78 is 14.1. The third kappa shape index (κ3) is 2.72. The van der Waals surface area contributed by atoms with Gasteiger partial charge in [0.05, 0.1) is 5.56 Å². The molecule has 0 bridgehead atoms. The summed E-state index contributed by atoms with van der Waals surface area (Å²) in [7, 11) is 0. The van der Waals surface area contributed by atoms with E-state index in [2.05, 4.69) is 13.8 Å². The maximum absolute atomic E-state index is 14.1. The second kappa shape index (κ2) is 5.87. The van der Waals surface area contributed by atoms with E-state index in [0.29, 0.717) is 5.56 Å². The Labute approximate surface area is 117 Å². The highest BCUT2D eigenvalue weighted by Gasteiger charge is 2.11. The zero-order valence-electron chi connectivity index (χ0n) is 11.6. The average Bonchev–Trinajstić information content (AvgIpc) is 2.46. The van der Waals surface area contributed by atoms with Gasteiger partial charge in [-0.1, -0.05) is 38.1 Å². The predicted octanol–water partition coefficient (Wildman–Crippen LogP) is 4.32. The van der Waals surface area contributed by atoms with Crippen LogP contribution in [0.1, 0.15) is 35.3 Å². The molecular formula is C17H17FO2. The lowest BCUT2D eigenvalue weighted by Crippen LogP contribution is -1.98. The van der Waals surface area contributed by atoms with Crippen LogP contribution in [-0.2, 0) is 12.8 Å². The van der Waals surface area contributed by atoms with Crippen molar-refractivity contribution < 1.29 is 14.3 Å². The fourth-order valence-electron chi connectivity index (χ4n) is 2.35. The lowest BCUT2D eigenvalue weighted by atomic mass is 9.96. The molecule has 0 saturated heterocycles. The van der Waals surface area contributed by atoms with Gasteiger partial charge in [-0.05, 0) is 41.7 Å². The van der Waals surface area contributed by atoms with E-state index in [1.165, 1.54) is 23.3 Å². The van der Waals surface area contributed by atoms with Crippen LogP contribution in [0.3, 0.4) is 0 Å². The zero-order chi connectivity index (χ0) is 14.7. The fourth-order valence-corrected chi connectivity index (χ4v) is 2.35. The molecule has 0 spiro atoms. The van der Waals surface area contributed by atoms with Crippen molar-refractivity contribution in [3.8, 4) is 11.1 Å². The van der Waals surface area contributed by atoms with E-state index < -0.39 is 11.8 Å². The van der Waals surface area contributed by atoms with E-state index in [0.717, 1.165) is 24.5 Å². The number of carbonyl (C=O) groups is 1. The van der Waals surface area contributed by atoms with Gasteiger partial charge in [-0.2, -0.15) is 0 Å². The normalized spacial score (nSPS) is 10.6. The molecule has 0 fully saturated rings. The number of aromatic carboxylic acids is 1. The van der Waals surface area contributed by atoms with Gasteiger partial charge in [0.25, 0.3) is 0 Å². The Morgan fingerprint density at radius 2 is 1.75 bits per heavy atom. The van der Waals surface area contributed by atoms with Crippen molar-refractivity contribution in [3.05, 3.63) is 58.9 Å².